The number of rotatable bonds is 2. The van der Waals surface area contributed by atoms with Gasteiger partial charge in [-0.2, -0.15) is 23.8 Å². The Morgan fingerprint density at radius 2 is 1.75 bits per heavy atom. The Morgan fingerprint density at radius 3 is 2.38 bits per heavy atom. The fraction of sp³-hybridized carbons (Fsp3) is 0.143. The summed E-state index contributed by atoms with van der Waals surface area (Å²) < 4.78 is 0. The van der Waals surface area contributed by atoms with Crippen molar-refractivity contribution in [2.24, 2.45) is 0 Å². The molecule has 0 bridgehead atoms. The molecule has 0 saturated carbocycles. The third kappa shape index (κ3) is 2.92. The summed E-state index contributed by atoms with van der Waals surface area (Å²) >= 11 is 0. The van der Waals surface area contributed by atoms with Crippen LogP contribution in [0.2, 0.25) is 0 Å². The average molecular weight is 203 g/mol. The number of hydrogen-bond acceptors (Lipinski definition) is 1. The van der Waals surface area contributed by atoms with Gasteiger partial charge in [-0.25, -0.2) is 0 Å². The molecule has 0 heterocycles. The summed E-state index contributed by atoms with van der Waals surface area (Å²) in [4.78, 5) is 2.13. The van der Waals surface area contributed by atoms with E-state index < -0.39 is 0 Å². The van der Waals surface area contributed by atoms with Gasteiger partial charge in [0.05, 0.1) is 0 Å². The van der Waals surface area contributed by atoms with E-state index >= 15 is 0 Å². The van der Waals surface area contributed by atoms with Crippen molar-refractivity contribution in [2.75, 3.05) is 11.9 Å². The van der Waals surface area contributed by atoms with Gasteiger partial charge in [0.1, 0.15) is 0 Å². The maximum atomic E-state index is 3.23. The SMILES string of the molecule is Cc1cc[c-]c(N(C)c2ccccc2)c1.[Li+]. The zero-order valence-corrected chi connectivity index (χ0v) is 10.1. The van der Waals surface area contributed by atoms with Crippen LogP contribution in [0, 0.1) is 13.0 Å². The number of hydrogen-bond donors (Lipinski definition) is 0. The van der Waals surface area contributed by atoms with Gasteiger partial charge in [0.2, 0.25) is 0 Å². The second-order valence-corrected chi connectivity index (χ2v) is 3.65. The largest absolute Gasteiger partial charge is 1.00 e. The third-order valence-electron chi connectivity index (χ3n) is 2.45. The maximum Gasteiger partial charge on any atom is 1.00 e. The van der Waals surface area contributed by atoms with Crippen LogP contribution in [0.15, 0.2) is 48.5 Å². The maximum absolute atomic E-state index is 3.23. The molecule has 0 N–H and O–H groups in total. The van der Waals surface area contributed by atoms with Crippen LogP contribution in [0.4, 0.5) is 11.4 Å². The van der Waals surface area contributed by atoms with Crippen LogP contribution in [-0.4, -0.2) is 7.05 Å². The first-order valence-electron chi connectivity index (χ1n) is 5.04. The number of aryl methyl sites for hydroxylation is 1. The van der Waals surface area contributed by atoms with Crippen molar-refractivity contribution in [3.8, 4) is 0 Å². The molecular weight excluding hydrogens is 189 g/mol. The van der Waals surface area contributed by atoms with Gasteiger partial charge in [-0.1, -0.05) is 30.8 Å². The molecule has 0 aliphatic carbocycles. The molecule has 0 atom stereocenters. The minimum atomic E-state index is 0. The van der Waals surface area contributed by atoms with Crippen molar-refractivity contribution >= 4 is 11.4 Å². The topological polar surface area (TPSA) is 3.24 Å². The fourth-order valence-corrected chi connectivity index (χ4v) is 1.55. The second-order valence-electron chi connectivity index (χ2n) is 3.65. The Kier molecular flexibility index (Phi) is 4.67. The molecule has 0 saturated heterocycles. The van der Waals surface area contributed by atoms with Crippen LogP contribution in [0.25, 0.3) is 0 Å². The van der Waals surface area contributed by atoms with Gasteiger partial charge < -0.3 is 4.90 Å². The van der Waals surface area contributed by atoms with E-state index in [9.17, 15) is 0 Å². The molecule has 2 heteroatoms. The first kappa shape index (κ1) is 12.9. The average Bonchev–Trinajstić information content (AvgIpc) is 2.29. The van der Waals surface area contributed by atoms with E-state index in [0.29, 0.717) is 0 Å². The Hall–Kier alpha value is -1.16. The Morgan fingerprint density at radius 1 is 1.06 bits per heavy atom. The third-order valence-corrected chi connectivity index (χ3v) is 2.45. The van der Waals surface area contributed by atoms with Gasteiger partial charge >= 0.3 is 18.9 Å². The van der Waals surface area contributed by atoms with Crippen molar-refractivity contribution in [2.45, 2.75) is 6.92 Å². The van der Waals surface area contributed by atoms with Crippen LogP contribution in [0.1, 0.15) is 5.56 Å². The Balaban J connectivity index is 0.00000128. The van der Waals surface area contributed by atoms with E-state index in [1.165, 1.54) is 11.3 Å². The molecular formula is C14H14LiN. The molecule has 0 unspecified atom stereocenters. The van der Waals surface area contributed by atoms with Gasteiger partial charge in [0, 0.05) is 12.7 Å². The molecule has 0 aliphatic heterocycles. The van der Waals surface area contributed by atoms with Gasteiger partial charge in [-0.15, -0.1) is 6.07 Å². The van der Waals surface area contributed by atoms with Crippen LogP contribution in [0.5, 0.6) is 0 Å². The molecule has 16 heavy (non-hydrogen) atoms. The van der Waals surface area contributed by atoms with E-state index in [-0.39, 0.29) is 18.9 Å². The Labute approximate surface area is 109 Å². The monoisotopic (exact) mass is 203 g/mol. The molecule has 2 aromatic rings. The first-order chi connectivity index (χ1) is 7.27. The van der Waals surface area contributed by atoms with E-state index in [1.54, 1.807) is 0 Å². The smallest absolute Gasteiger partial charge is 0.368 e. The normalized spacial score (nSPS) is 9.38. The molecule has 0 aromatic heterocycles. The molecule has 0 aliphatic rings. The summed E-state index contributed by atoms with van der Waals surface area (Å²) in [6, 6.07) is 19.7. The summed E-state index contributed by atoms with van der Waals surface area (Å²) in [5, 5.41) is 0. The van der Waals surface area contributed by atoms with Crippen LogP contribution in [-0.2, 0) is 0 Å². The van der Waals surface area contributed by atoms with E-state index in [0.717, 1.165) is 5.69 Å². The summed E-state index contributed by atoms with van der Waals surface area (Å²) in [7, 11) is 2.06. The quantitative estimate of drug-likeness (QED) is 0.509. The van der Waals surface area contributed by atoms with Gasteiger partial charge in [0.15, 0.2) is 0 Å². The van der Waals surface area contributed by atoms with Crippen molar-refractivity contribution in [1.29, 1.82) is 0 Å². The molecule has 0 spiro atoms. The van der Waals surface area contributed by atoms with Gasteiger partial charge in [-0.3, -0.25) is 0 Å². The predicted octanol–water partition coefficient (Wildman–Crippen LogP) is 0.567. The Bertz CT molecular complexity index is 439. The summed E-state index contributed by atoms with van der Waals surface area (Å²) in [6.45, 7) is 2.09. The van der Waals surface area contributed by atoms with E-state index in [1.807, 2.05) is 24.3 Å². The molecule has 76 valence electrons. The minimum absolute atomic E-state index is 0. The van der Waals surface area contributed by atoms with Crippen molar-refractivity contribution in [3.05, 3.63) is 60.2 Å². The number of anilines is 2. The summed E-state index contributed by atoms with van der Waals surface area (Å²) in [5.74, 6) is 0. The first-order valence-corrected chi connectivity index (χ1v) is 5.04. The standard InChI is InChI=1S/C14H14N.Li/c1-12-7-6-10-14(11-12)15(2)13-8-4-3-5-9-13;/h3-9,11H,1-2H3;/q-1;+1. The van der Waals surface area contributed by atoms with E-state index in [2.05, 4.69) is 49.2 Å². The zero-order valence-electron chi connectivity index (χ0n) is 10.1. The van der Waals surface area contributed by atoms with Crippen LogP contribution >= 0.6 is 0 Å². The molecule has 0 radical (unpaired) electrons. The molecule has 2 aromatic carbocycles. The van der Waals surface area contributed by atoms with Crippen molar-refractivity contribution in [3.63, 3.8) is 0 Å². The molecule has 2 rings (SSSR count). The molecule has 0 amide bonds. The molecule has 0 fully saturated rings. The predicted molar refractivity (Wildman–Crippen MR) is 64.5 cm³/mol. The second kappa shape index (κ2) is 5.79. The summed E-state index contributed by atoms with van der Waals surface area (Å²) in [5.41, 5.74) is 3.53. The summed E-state index contributed by atoms with van der Waals surface area (Å²) in [6.07, 6.45) is 0. The van der Waals surface area contributed by atoms with E-state index in [4.69, 9.17) is 0 Å². The molecule has 1 nitrogen and oxygen atoms in total. The van der Waals surface area contributed by atoms with Crippen molar-refractivity contribution in [1.82, 2.24) is 0 Å². The number of para-hydroxylation sites is 1. The minimum Gasteiger partial charge on any atom is -0.368 e. The number of nitrogens with zero attached hydrogens (tertiary/aromatic N) is 1. The fourth-order valence-electron chi connectivity index (χ4n) is 1.55. The van der Waals surface area contributed by atoms with Crippen LogP contribution in [0.3, 0.4) is 0 Å². The van der Waals surface area contributed by atoms with Crippen LogP contribution < -0.4 is 23.8 Å². The van der Waals surface area contributed by atoms with Crippen molar-refractivity contribution < 1.29 is 18.9 Å². The zero-order chi connectivity index (χ0) is 10.7. The van der Waals surface area contributed by atoms with Gasteiger partial charge in [0.25, 0.3) is 0 Å². The van der Waals surface area contributed by atoms with Gasteiger partial charge in [-0.05, 0) is 12.1 Å². The number of benzene rings is 2.